The molecular formula is C25H26FN3O5S. The fraction of sp³-hybridized carbons (Fsp3) is 0.200. The molecule has 8 nitrogen and oxygen atoms in total. The van der Waals surface area contributed by atoms with Gasteiger partial charge in [-0.25, -0.2) is 12.8 Å². The van der Waals surface area contributed by atoms with Gasteiger partial charge in [0.1, 0.15) is 22.5 Å². The summed E-state index contributed by atoms with van der Waals surface area (Å²) in [5.41, 5.74) is 1.24. The van der Waals surface area contributed by atoms with E-state index in [0.29, 0.717) is 0 Å². The van der Waals surface area contributed by atoms with Gasteiger partial charge in [0.2, 0.25) is 21.8 Å². The highest BCUT2D eigenvalue weighted by Crippen LogP contribution is 2.27. The summed E-state index contributed by atoms with van der Waals surface area (Å²) in [4.78, 5) is 24.2. The van der Waals surface area contributed by atoms with Gasteiger partial charge in [0, 0.05) is 24.7 Å². The highest BCUT2D eigenvalue weighted by Gasteiger charge is 2.28. The molecule has 0 saturated heterocycles. The van der Waals surface area contributed by atoms with Gasteiger partial charge in [0.05, 0.1) is 7.11 Å². The van der Waals surface area contributed by atoms with E-state index in [1.165, 1.54) is 50.4 Å². The maximum absolute atomic E-state index is 14.0. The molecule has 35 heavy (non-hydrogen) atoms. The summed E-state index contributed by atoms with van der Waals surface area (Å²) < 4.78 is 48.3. The fourth-order valence-corrected chi connectivity index (χ4v) is 4.79. The Morgan fingerprint density at radius 2 is 1.69 bits per heavy atom. The van der Waals surface area contributed by atoms with Gasteiger partial charge >= 0.3 is 0 Å². The maximum Gasteiger partial charge on any atom is 0.245 e. The normalized spacial score (nSPS) is 12.0. The maximum atomic E-state index is 14.0. The number of hydrogen-bond donors (Lipinski definition) is 3. The molecule has 0 bridgehead atoms. The molecule has 0 aliphatic heterocycles. The number of sulfonamides is 1. The van der Waals surface area contributed by atoms with Crippen molar-refractivity contribution in [1.82, 2.24) is 10.0 Å². The summed E-state index contributed by atoms with van der Waals surface area (Å²) in [7, 11) is -2.96. The zero-order valence-electron chi connectivity index (χ0n) is 19.2. The van der Waals surface area contributed by atoms with Gasteiger partial charge in [-0.1, -0.05) is 48.5 Å². The number of benzene rings is 3. The lowest BCUT2D eigenvalue weighted by Crippen LogP contribution is -2.47. The molecule has 0 unspecified atom stereocenters. The van der Waals surface area contributed by atoms with Gasteiger partial charge in [-0.2, -0.15) is 4.72 Å². The van der Waals surface area contributed by atoms with E-state index >= 15 is 0 Å². The molecule has 10 heteroatoms. The molecule has 0 aromatic heterocycles. The second-order valence-corrected chi connectivity index (χ2v) is 9.40. The number of anilines is 1. The molecule has 0 spiro atoms. The first-order valence-corrected chi connectivity index (χ1v) is 12.2. The quantitative estimate of drug-likeness (QED) is 0.397. The molecule has 0 aliphatic carbocycles. The van der Waals surface area contributed by atoms with Crippen LogP contribution in [0.4, 0.5) is 10.1 Å². The van der Waals surface area contributed by atoms with Gasteiger partial charge in [-0.15, -0.1) is 0 Å². The smallest absolute Gasteiger partial charge is 0.245 e. The van der Waals surface area contributed by atoms with Crippen molar-refractivity contribution in [1.29, 1.82) is 0 Å². The third kappa shape index (κ3) is 7.11. The average Bonchev–Trinajstić information content (AvgIpc) is 2.83. The Kier molecular flexibility index (Phi) is 8.56. The molecule has 2 amide bonds. The average molecular weight is 500 g/mol. The second-order valence-electron chi connectivity index (χ2n) is 7.72. The highest BCUT2D eigenvalue weighted by molar-refractivity contribution is 7.89. The summed E-state index contributed by atoms with van der Waals surface area (Å²) in [5, 5.41) is 5.13. The van der Waals surface area contributed by atoms with Crippen LogP contribution in [-0.2, 0) is 32.6 Å². The second kappa shape index (κ2) is 11.6. The standard InChI is InChI=1S/C25H26FN3O5S/c1-17(30)28-20-12-13-23(34-2)24(15-20)35(32,33)29-22(14-18-8-4-3-5-9-18)25(31)27-16-19-10-6-7-11-21(19)26/h3-13,15,22,29H,14,16H2,1-2H3,(H,27,31)(H,28,30)/t22-/m0/s1. The molecule has 1 atom stereocenters. The van der Waals surface area contributed by atoms with Crippen LogP contribution in [0.15, 0.2) is 77.7 Å². The van der Waals surface area contributed by atoms with Gasteiger partial charge in [0.25, 0.3) is 0 Å². The number of hydrogen-bond acceptors (Lipinski definition) is 5. The molecule has 3 aromatic carbocycles. The van der Waals surface area contributed by atoms with Crippen molar-refractivity contribution in [2.24, 2.45) is 0 Å². The molecule has 3 aromatic rings. The van der Waals surface area contributed by atoms with E-state index in [2.05, 4.69) is 15.4 Å². The number of methoxy groups -OCH3 is 1. The van der Waals surface area contributed by atoms with Crippen molar-refractivity contribution in [2.45, 2.75) is 30.8 Å². The van der Waals surface area contributed by atoms with Crippen LogP contribution in [0.5, 0.6) is 5.75 Å². The lowest BCUT2D eigenvalue weighted by molar-refractivity contribution is -0.122. The summed E-state index contributed by atoms with van der Waals surface area (Å²) in [6.07, 6.45) is 0.0525. The van der Waals surface area contributed by atoms with E-state index in [9.17, 15) is 22.4 Å². The topological polar surface area (TPSA) is 114 Å². The van der Waals surface area contributed by atoms with Gasteiger partial charge in [0.15, 0.2) is 0 Å². The van der Waals surface area contributed by atoms with Crippen LogP contribution in [-0.4, -0.2) is 33.4 Å². The van der Waals surface area contributed by atoms with Crippen molar-refractivity contribution in [2.75, 3.05) is 12.4 Å². The third-order valence-electron chi connectivity index (χ3n) is 5.08. The minimum Gasteiger partial charge on any atom is -0.495 e. The van der Waals surface area contributed by atoms with Crippen molar-refractivity contribution in [3.63, 3.8) is 0 Å². The largest absolute Gasteiger partial charge is 0.495 e. The Morgan fingerprint density at radius 1 is 1.00 bits per heavy atom. The highest BCUT2D eigenvalue weighted by atomic mass is 32.2. The van der Waals surface area contributed by atoms with Crippen molar-refractivity contribution in [3.05, 3.63) is 89.7 Å². The summed E-state index contributed by atoms with van der Waals surface area (Å²) in [6, 6.07) is 17.8. The van der Waals surface area contributed by atoms with Crippen molar-refractivity contribution in [3.8, 4) is 5.75 Å². The van der Waals surface area contributed by atoms with E-state index in [-0.39, 0.29) is 40.8 Å². The number of nitrogens with one attached hydrogen (secondary N) is 3. The van der Waals surface area contributed by atoms with E-state index in [4.69, 9.17) is 4.74 Å². The molecule has 0 heterocycles. The molecular weight excluding hydrogens is 473 g/mol. The van der Waals surface area contributed by atoms with Crippen LogP contribution in [0, 0.1) is 5.82 Å². The molecule has 184 valence electrons. The first kappa shape index (κ1) is 25.9. The monoisotopic (exact) mass is 499 g/mol. The van der Waals surface area contributed by atoms with Crippen molar-refractivity contribution >= 4 is 27.5 Å². The first-order chi connectivity index (χ1) is 16.7. The Bertz CT molecular complexity index is 1300. The number of carbonyl (C=O) groups is 2. The Labute approximate surface area is 203 Å². The van der Waals surface area contributed by atoms with Crippen molar-refractivity contribution < 1.29 is 27.1 Å². The number of rotatable bonds is 10. The first-order valence-electron chi connectivity index (χ1n) is 10.7. The molecule has 3 rings (SSSR count). The predicted molar refractivity (Wildman–Crippen MR) is 130 cm³/mol. The lowest BCUT2D eigenvalue weighted by Gasteiger charge is -2.20. The van der Waals surface area contributed by atoms with Crippen LogP contribution in [0.3, 0.4) is 0 Å². The number of halogens is 1. The summed E-state index contributed by atoms with van der Waals surface area (Å²) >= 11 is 0. The van der Waals surface area contributed by atoms with E-state index in [1.54, 1.807) is 36.4 Å². The number of amides is 2. The van der Waals surface area contributed by atoms with E-state index in [0.717, 1.165) is 5.56 Å². The van der Waals surface area contributed by atoms with Crippen LogP contribution in [0.1, 0.15) is 18.1 Å². The van der Waals surface area contributed by atoms with Crippen LogP contribution in [0.25, 0.3) is 0 Å². The fourth-order valence-electron chi connectivity index (χ4n) is 3.40. The predicted octanol–water partition coefficient (Wildman–Crippen LogP) is 3.00. The molecule has 0 radical (unpaired) electrons. The zero-order valence-corrected chi connectivity index (χ0v) is 20.1. The Balaban J connectivity index is 1.89. The van der Waals surface area contributed by atoms with Crippen LogP contribution in [0.2, 0.25) is 0 Å². The molecule has 0 saturated carbocycles. The minimum absolute atomic E-state index is 0.0387. The lowest BCUT2D eigenvalue weighted by atomic mass is 10.1. The van der Waals surface area contributed by atoms with Gasteiger partial charge in [-0.3, -0.25) is 9.59 Å². The number of ether oxygens (including phenoxy) is 1. The van der Waals surface area contributed by atoms with Crippen LogP contribution < -0.4 is 20.1 Å². The van der Waals surface area contributed by atoms with Gasteiger partial charge in [-0.05, 0) is 36.2 Å². The van der Waals surface area contributed by atoms with E-state index in [1.807, 2.05) is 0 Å². The molecule has 0 fully saturated rings. The summed E-state index contributed by atoms with van der Waals surface area (Å²) in [5.74, 6) is -1.44. The minimum atomic E-state index is -4.28. The Morgan fingerprint density at radius 3 is 2.34 bits per heavy atom. The van der Waals surface area contributed by atoms with E-state index < -0.39 is 27.8 Å². The third-order valence-corrected chi connectivity index (χ3v) is 6.57. The van der Waals surface area contributed by atoms with Crippen LogP contribution >= 0.6 is 0 Å². The Hall–Kier alpha value is -3.76. The SMILES string of the molecule is COc1ccc(NC(C)=O)cc1S(=O)(=O)N[C@@H](Cc1ccccc1)C(=O)NCc1ccccc1F. The molecule has 3 N–H and O–H groups in total. The zero-order chi connectivity index (χ0) is 25.4. The number of carbonyl (C=O) groups excluding carboxylic acids is 2. The molecule has 0 aliphatic rings. The van der Waals surface area contributed by atoms with Gasteiger partial charge < -0.3 is 15.4 Å². The summed E-state index contributed by atoms with van der Waals surface area (Å²) in [6.45, 7) is 1.19.